The van der Waals surface area contributed by atoms with Crippen LogP contribution in [-0.2, 0) is 11.3 Å². The molecular weight excluding hydrogens is 308 g/mol. The van der Waals surface area contributed by atoms with Crippen LogP contribution in [0.25, 0.3) is 0 Å². The standard InChI is InChI=1S/C18H26N2O2S/c1-11-10-23-17(22)20(11)9-16(21)19-12(2)18-6-13-3-14(7-18)5-15(4-13)8-18/h10,12-15H,3-9H2,1-2H3,(H,19,21)/t12-,13?,14?,15?,18?/m0/s1. The first-order valence-electron chi connectivity index (χ1n) is 8.89. The number of aryl methyl sites for hydroxylation is 1. The van der Waals surface area contributed by atoms with Gasteiger partial charge in [-0.2, -0.15) is 0 Å². The molecular formula is C18H26N2O2S. The van der Waals surface area contributed by atoms with Gasteiger partial charge in [-0.05, 0) is 75.5 Å². The van der Waals surface area contributed by atoms with Crippen molar-refractivity contribution in [1.29, 1.82) is 0 Å². The van der Waals surface area contributed by atoms with Crippen LogP contribution in [0.3, 0.4) is 0 Å². The maximum Gasteiger partial charge on any atom is 0.307 e. The largest absolute Gasteiger partial charge is 0.352 e. The zero-order chi connectivity index (χ0) is 16.2. The van der Waals surface area contributed by atoms with Gasteiger partial charge in [-0.15, -0.1) is 0 Å². The zero-order valence-electron chi connectivity index (χ0n) is 14.0. The number of thiazole rings is 1. The first-order valence-corrected chi connectivity index (χ1v) is 9.77. The Morgan fingerprint density at radius 3 is 2.35 bits per heavy atom. The van der Waals surface area contributed by atoms with E-state index >= 15 is 0 Å². The number of hydrogen-bond acceptors (Lipinski definition) is 3. The van der Waals surface area contributed by atoms with Gasteiger partial charge < -0.3 is 5.32 Å². The number of aromatic nitrogens is 1. The minimum Gasteiger partial charge on any atom is -0.352 e. The SMILES string of the molecule is Cc1csc(=O)n1CC(=O)N[C@@H](C)C12CC3CC(CC(C3)C1)C2. The van der Waals surface area contributed by atoms with E-state index in [0.717, 1.165) is 23.4 Å². The molecule has 4 nitrogen and oxygen atoms in total. The quantitative estimate of drug-likeness (QED) is 0.920. The number of carbonyl (C=O) groups excluding carboxylic acids is 1. The van der Waals surface area contributed by atoms with Crippen molar-refractivity contribution in [1.82, 2.24) is 9.88 Å². The van der Waals surface area contributed by atoms with E-state index in [9.17, 15) is 9.59 Å². The first-order chi connectivity index (χ1) is 10.9. The van der Waals surface area contributed by atoms with Gasteiger partial charge in [-0.3, -0.25) is 14.2 Å². The molecule has 4 aliphatic carbocycles. The molecule has 0 spiro atoms. The minimum absolute atomic E-state index is 0.0168. The Bertz CT molecular complexity index is 640. The lowest BCUT2D eigenvalue weighted by Crippen LogP contribution is -2.56. The van der Waals surface area contributed by atoms with E-state index in [1.54, 1.807) is 4.57 Å². The second-order valence-corrected chi connectivity index (χ2v) is 9.12. The van der Waals surface area contributed by atoms with Crippen molar-refractivity contribution in [2.45, 2.75) is 65.0 Å². The molecule has 1 N–H and O–H groups in total. The number of hydrogen-bond donors (Lipinski definition) is 1. The Morgan fingerprint density at radius 2 is 1.87 bits per heavy atom. The molecule has 0 unspecified atom stereocenters. The Kier molecular flexibility index (Phi) is 3.67. The van der Waals surface area contributed by atoms with Crippen molar-refractivity contribution in [3.8, 4) is 0 Å². The Labute approximate surface area is 141 Å². The lowest BCUT2D eigenvalue weighted by molar-refractivity contribution is -0.126. The fraction of sp³-hybridized carbons (Fsp3) is 0.778. The monoisotopic (exact) mass is 334 g/mol. The Balaban J connectivity index is 1.44. The maximum absolute atomic E-state index is 12.5. The molecule has 1 aromatic heterocycles. The summed E-state index contributed by atoms with van der Waals surface area (Å²) in [5.74, 6) is 2.66. The van der Waals surface area contributed by atoms with Crippen molar-refractivity contribution in [2.75, 3.05) is 0 Å². The maximum atomic E-state index is 12.5. The topological polar surface area (TPSA) is 51.1 Å². The van der Waals surface area contributed by atoms with Crippen molar-refractivity contribution in [3.05, 3.63) is 20.7 Å². The average molecular weight is 334 g/mol. The number of rotatable bonds is 4. The van der Waals surface area contributed by atoms with Gasteiger partial charge >= 0.3 is 4.87 Å². The van der Waals surface area contributed by atoms with Gasteiger partial charge in [0.1, 0.15) is 6.54 Å². The van der Waals surface area contributed by atoms with Crippen molar-refractivity contribution < 1.29 is 4.79 Å². The summed E-state index contributed by atoms with van der Waals surface area (Å²) in [5.41, 5.74) is 1.19. The van der Waals surface area contributed by atoms with Crippen LogP contribution in [0.5, 0.6) is 0 Å². The second kappa shape index (κ2) is 5.47. The van der Waals surface area contributed by atoms with Crippen LogP contribution in [0.1, 0.15) is 51.1 Å². The first kappa shape index (κ1) is 15.4. The normalized spacial score (nSPS) is 36.2. The highest BCUT2D eigenvalue weighted by molar-refractivity contribution is 7.07. The molecule has 4 aliphatic rings. The summed E-state index contributed by atoms with van der Waals surface area (Å²) in [5, 5.41) is 5.05. The van der Waals surface area contributed by atoms with E-state index in [2.05, 4.69) is 12.2 Å². The lowest BCUT2D eigenvalue weighted by atomic mass is 9.48. The molecule has 1 heterocycles. The number of nitrogens with one attached hydrogen (secondary N) is 1. The van der Waals surface area contributed by atoms with E-state index in [1.807, 2.05) is 12.3 Å². The summed E-state index contributed by atoms with van der Waals surface area (Å²) in [4.78, 5) is 24.2. The summed E-state index contributed by atoms with van der Waals surface area (Å²) < 4.78 is 1.58. The fourth-order valence-corrected chi connectivity index (χ4v) is 6.62. The van der Waals surface area contributed by atoms with Gasteiger partial charge in [0.25, 0.3) is 0 Å². The molecule has 4 fully saturated rings. The van der Waals surface area contributed by atoms with Gasteiger partial charge in [0, 0.05) is 17.1 Å². The molecule has 4 saturated carbocycles. The Morgan fingerprint density at radius 1 is 1.30 bits per heavy atom. The third-order valence-electron chi connectivity index (χ3n) is 6.66. The average Bonchev–Trinajstić information content (AvgIpc) is 2.77. The summed E-state index contributed by atoms with van der Waals surface area (Å²) in [6.45, 7) is 4.23. The molecule has 0 aromatic carbocycles. The van der Waals surface area contributed by atoms with Gasteiger partial charge in [0.05, 0.1) is 0 Å². The summed E-state index contributed by atoms with van der Waals surface area (Å²) in [7, 11) is 0. The van der Waals surface area contributed by atoms with E-state index < -0.39 is 0 Å². The predicted molar refractivity (Wildman–Crippen MR) is 91.5 cm³/mol. The van der Waals surface area contributed by atoms with Crippen molar-refractivity contribution >= 4 is 17.2 Å². The van der Waals surface area contributed by atoms with Crippen LogP contribution in [-0.4, -0.2) is 16.5 Å². The third kappa shape index (κ3) is 2.67. The number of carbonyl (C=O) groups is 1. The molecule has 0 radical (unpaired) electrons. The zero-order valence-corrected chi connectivity index (χ0v) is 14.8. The van der Waals surface area contributed by atoms with E-state index in [1.165, 1.54) is 49.9 Å². The van der Waals surface area contributed by atoms with Crippen LogP contribution in [0, 0.1) is 30.1 Å². The fourth-order valence-electron chi connectivity index (χ4n) is 5.89. The van der Waals surface area contributed by atoms with Gasteiger partial charge in [-0.1, -0.05) is 11.3 Å². The van der Waals surface area contributed by atoms with Crippen LogP contribution < -0.4 is 10.2 Å². The van der Waals surface area contributed by atoms with Crippen LogP contribution >= 0.6 is 11.3 Å². The van der Waals surface area contributed by atoms with Crippen LogP contribution in [0.15, 0.2) is 10.2 Å². The van der Waals surface area contributed by atoms with Gasteiger partial charge in [-0.25, -0.2) is 0 Å². The smallest absolute Gasteiger partial charge is 0.307 e. The molecule has 23 heavy (non-hydrogen) atoms. The van der Waals surface area contributed by atoms with Crippen LogP contribution in [0.4, 0.5) is 0 Å². The lowest BCUT2D eigenvalue weighted by Gasteiger charge is -2.59. The van der Waals surface area contributed by atoms with Crippen molar-refractivity contribution in [3.63, 3.8) is 0 Å². The molecule has 4 bridgehead atoms. The molecule has 5 heteroatoms. The number of nitrogens with zero attached hydrogens (tertiary/aromatic N) is 1. The molecule has 5 rings (SSSR count). The van der Waals surface area contributed by atoms with Gasteiger partial charge in [0.15, 0.2) is 0 Å². The highest BCUT2D eigenvalue weighted by Crippen LogP contribution is 2.61. The van der Waals surface area contributed by atoms with E-state index in [-0.39, 0.29) is 23.4 Å². The highest BCUT2D eigenvalue weighted by atomic mass is 32.1. The summed E-state index contributed by atoms with van der Waals surface area (Å²) in [6.07, 6.45) is 8.13. The predicted octanol–water partition coefficient (Wildman–Crippen LogP) is 2.94. The highest BCUT2D eigenvalue weighted by Gasteiger charge is 2.53. The van der Waals surface area contributed by atoms with E-state index in [4.69, 9.17) is 0 Å². The molecule has 1 amide bonds. The van der Waals surface area contributed by atoms with Crippen LogP contribution in [0.2, 0.25) is 0 Å². The molecule has 126 valence electrons. The molecule has 1 atom stereocenters. The number of amides is 1. The minimum atomic E-state index is -0.0416. The molecule has 0 aliphatic heterocycles. The van der Waals surface area contributed by atoms with E-state index in [0.29, 0.717) is 5.41 Å². The molecule has 0 saturated heterocycles. The van der Waals surface area contributed by atoms with Gasteiger partial charge in [0.2, 0.25) is 5.91 Å². The van der Waals surface area contributed by atoms with Crippen molar-refractivity contribution in [2.24, 2.45) is 23.2 Å². The molecule has 1 aromatic rings. The summed E-state index contributed by atoms with van der Waals surface area (Å²) >= 11 is 1.17. The second-order valence-electron chi connectivity index (χ2n) is 8.30. The Hall–Kier alpha value is -1.10. The third-order valence-corrected chi connectivity index (χ3v) is 7.54. The summed E-state index contributed by atoms with van der Waals surface area (Å²) in [6, 6.07) is 0.220.